The Balaban J connectivity index is 1.37. The first-order chi connectivity index (χ1) is 27.0. The van der Waals surface area contributed by atoms with E-state index in [2.05, 4.69) is 46.8 Å². The van der Waals surface area contributed by atoms with Crippen molar-refractivity contribution >= 4 is 28.0 Å². The highest BCUT2D eigenvalue weighted by Gasteiger charge is 2.42. The number of benzene rings is 4. The Kier molecular flexibility index (Phi) is 15.2. The van der Waals surface area contributed by atoms with E-state index in [1.807, 2.05) is 78.9 Å². The van der Waals surface area contributed by atoms with Gasteiger partial charge in [0.25, 0.3) is 0 Å². The lowest BCUT2D eigenvalue weighted by Crippen LogP contribution is -2.54. The van der Waals surface area contributed by atoms with Crippen LogP contribution in [-0.4, -0.2) is 101 Å². The van der Waals surface area contributed by atoms with Crippen molar-refractivity contribution in [2.45, 2.75) is 55.8 Å². The molecule has 3 atom stereocenters. The molecule has 0 spiro atoms. The highest BCUT2D eigenvalue weighted by Crippen LogP contribution is 2.29. The van der Waals surface area contributed by atoms with Gasteiger partial charge in [-0.1, -0.05) is 105 Å². The first-order valence-electron chi connectivity index (χ1n) is 18.9. The molecule has 1 aliphatic rings. The topological polar surface area (TPSA) is 146 Å². The third-order valence-electron chi connectivity index (χ3n) is 10.0. The molecule has 56 heavy (non-hydrogen) atoms. The van der Waals surface area contributed by atoms with Gasteiger partial charge in [0.1, 0.15) is 6.04 Å². The SMILES string of the molecule is COC(=O)N[C@H](C(=O)NCCN[C@@H]1CN(Cc2ccccc2)C[C@H]1N(CCC(C)C)S(=O)(=O)c1ccc(C(=O)OC)cc1)C(c1ccccc1)c1ccccc1. The average Bonchev–Trinajstić information content (AvgIpc) is 3.61. The number of rotatable bonds is 18. The summed E-state index contributed by atoms with van der Waals surface area (Å²) in [4.78, 5) is 41.0. The summed E-state index contributed by atoms with van der Waals surface area (Å²) in [6, 6.07) is 33.2. The van der Waals surface area contributed by atoms with Crippen molar-refractivity contribution in [3.05, 3.63) is 138 Å². The molecular formula is C43H53N5O7S. The predicted octanol–water partition coefficient (Wildman–Crippen LogP) is 5.03. The number of hydrogen-bond acceptors (Lipinski definition) is 9. The largest absolute Gasteiger partial charge is 0.465 e. The molecule has 0 aliphatic carbocycles. The smallest absolute Gasteiger partial charge is 0.407 e. The van der Waals surface area contributed by atoms with Crippen molar-refractivity contribution in [1.29, 1.82) is 0 Å². The normalized spacial score (nSPS) is 16.5. The van der Waals surface area contributed by atoms with Crippen molar-refractivity contribution < 1.29 is 32.3 Å². The van der Waals surface area contributed by atoms with Crippen LogP contribution in [0.25, 0.3) is 0 Å². The maximum Gasteiger partial charge on any atom is 0.407 e. The van der Waals surface area contributed by atoms with E-state index in [1.165, 1.54) is 38.5 Å². The number of methoxy groups -OCH3 is 2. The molecular weight excluding hydrogens is 731 g/mol. The number of nitrogens with zero attached hydrogens (tertiary/aromatic N) is 2. The molecule has 0 unspecified atom stereocenters. The van der Waals surface area contributed by atoms with Gasteiger partial charge in [0.15, 0.2) is 0 Å². The van der Waals surface area contributed by atoms with E-state index in [9.17, 15) is 22.8 Å². The van der Waals surface area contributed by atoms with Gasteiger partial charge < -0.3 is 25.4 Å². The minimum absolute atomic E-state index is 0.0944. The van der Waals surface area contributed by atoms with Crippen LogP contribution in [0.2, 0.25) is 0 Å². The summed E-state index contributed by atoms with van der Waals surface area (Å²) < 4.78 is 40.3. The number of nitrogens with one attached hydrogen (secondary N) is 3. The summed E-state index contributed by atoms with van der Waals surface area (Å²) in [5, 5.41) is 9.35. The summed E-state index contributed by atoms with van der Waals surface area (Å²) in [6.45, 7) is 6.67. The van der Waals surface area contributed by atoms with E-state index in [-0.39, 0.29) is 34.9 Å². The quantitative estimate of drug-likeness (QED) is 0.0936. The van der Waals surface area contributed by atoms with Gasteiger partial charge in [-0.2, -0.15) is 4.31 Å². The molecule has 1 saturated heterocycles. The fourth-order valence-corrected chi connectivity index (χ4v) is 8.80. The Bertz CT molecular complexity index is 1930. The number of carbonyl (C=O) groups is 3. The molecule has 4 aromatic rings. The van der Waals surface area contributed by atoms with Gasteiger partial charge in [-0.05, 0) is 53.3 Å². The lowest BCUT2D eigenvalue weighted by molar-refractivity contribution is -0.123. The highest BCUT2D eigenvalue weighted by molar-refractivity contribution is 7.89. The Hall–Kier alpha value is -5.08. The zero-order valence-electron chi connectivity index (χ0n) is 32.5. The summed E-state index contributed by atoms with van der Waals surface area (Å²) in [5.41, 5.74) is 3.08. The second-order valence-corrected chi connectivity index (χ2v) is 16.2. The van der Waals surface area contributed by atoms with E-state index in [1.54, 1.807) is 4.31 Å². The van der Waals surface area contributed by atoms with Crippen molar-refractivity contribution in [3.63, 3.8) is 0 Å². The molecule has 3 N–H and O–H groups in total. The standard InChI is InChI=1S/C43H53N5O7S/c1-31(2)24-27-48(56(52,53)36-22-20-35(21-23-36)42(50)54-3)38-30-47(28-32-14-8-5-9-15-32)29-37(38)44-25-26-45-41(49)40(46-43(51)55-4)39(33-16-10-6-11-17-33)34-18-12-7-13-19-34/h5-23,31,37-40,44H,24-30H2,1-4H3,(H,45,49)(H,46,51)/t37-,38-,40+/m1/s1. The molecule has 1 heterocycles. The maximum absolute atomic E-state index is 14.5. The monoisotopic (exact) mass is 783 g/mol. The van der Waals surface area contributed by atoms with E-state index in [0.29, 0.717) is 39.1 Å². The molecule has 0 saturated carbocycles. The van der Waals surface area contributed by atoms with Crippen molar-refractivity contribution in [1.82, 2.24) is 25.2 Å². The van der Waals surface area contributed by atoms with Gasteiger partial charge in [0.2, 0.25) is 15.9 Å². The summed E-state index contributed by atoms with van der Waals surface area (Å²) in [6.07, 6.45) is -0.0780. The zero-order valence-corrected chi connectivity index (χ0v) is 33.3. The maximum atomic E-state index is 14.5. The van der Waals surface area contributed by atoms with E-state index in [4.69, 9.17) is 9.47 Å². The Morgan fingerprint density at radius 3 is 1.93 bits per heavy atom. The summed E-state index contributed by atoms with van der Waals surface area (Å²) in [5.74, 6) is -1.19. The van der Waals surface area contributed by atoms with Crippen LogP contribution < -0.4 is 16.0 Å². The van der Waals surface area contributed by atoms with Crippen LogP contribution in [0.15, 0.2) is 120 Å². The Morgan fingerprint density at radius 2 is 1.38 bits per heavy atom. The lowest BCUT2D eigenvalue weighted by atomic mass is 9.84. The van der Waals surface area contributed by atoms with Crippen LogP contribution in [0.4, 0.5) is 4.79 Å². The molecule has 0 radical (unpaired) electrons. The number of carbonyl (C=O) groups excluding carboxylic acids is 3. The molecule has 1 fully saturated rings. The zero-order chi connectivity index (χ0) is 40.1. The van der Waals surface area contributed by atoms with E-state index in [0.717, 1.165) is 16.7 Å². The van der Waals surface area contributed by atoms with Gasteiger partial charge in [-0.3, -0.25) is 9.69 Å². The second kappa shape index (κ2) is 20.2. The van der Waals surface area contributed by atoms with Crippen molar-refractivity contribution in [2.75, 3.05) is 46.9 Å². The second-order valence-electron chi connectivity index (χ2n) is 14.3. The number of hydrogen-bond donors (Lipinski definition) is 3. The number of esters is 1. The first kappa shape index (κ1) is 42.1. The third-order valence-corrected chi connectivity index (χ3v) is 12.0. The molecule has 1 aliphatic heterocycles. The average molecular weight is 784 g/mol. The number of amides is 2. The predicted molar refractivity (Wildman–Crippen MR) is 215 cm³/mol. The molecule has 298 valence electrons. The number of alkyl carbamates (subject to hydrolysis) is 1. The van der Waals surface area contributed by atoms with Gasteiger partial charge in [-0.15, -0.1) is 0 Å². The summed E-state index contributed by atoms with van der Waals surface area (Å²) in [7, 11) is -1.46. The van der Waals surface area contributed by atoms with Crippen LogP contribution in [0.3, 0.4) is 0 Å². The van der Waals surface area contributed by atoms with Gasteiger partial charge in [0, 0.05) is 51.2 Å². The van der Waals surface area contributed by atoms with E-state index >= 15 is 0 Å². The molecule has 13 heteroatoms. The third kappa shape index (κ3) is 11.0. The van der Waals surface area contributed by atoms with Crippen LogP contribution in [0.5, 0.6) is 0 Å². The fraction of sp³-hybridized carbons (Fsp3) is 0.372. The number of ether oxygens (including phenoxy) is 2. The summed E-state index contributed by atoms with van der Waals surface area (Å²) >= 11 is 0. The first-order valence-corrected chi connectivity index (χ1v) is 20.4. The molecule has 2 amide bonds. The van der Waals surface area contributed by atoms with Crippen LogP contribution in [-0.2, 0) is 30.8 Å². The van der Waals surface area contributed by atoms with Crippen LogP contribution in [0, 0.1) is 5.92 Å². The highest BCUT2D eigenvalue weighted by atomic mass is 32.2. The minimum Gasteiger partial charge on any atom is -0.465 e. The van der Waals surface area contributed by atoms with Gasteiger partial charge >= 0.3 is 12.1 Å². The van der Waals surface area contributed by atoms with Crippen molar-refractivity contribution in [2.24, 2.45) is 5.92 Å². The Labute approximate surface area is 330 Å². The molecule has 12 nitrogen and oxygen atoms in total. The van der Waals surface area contributed by atoms with Crippen molar-refractivity contribution in [3.8, 4) is 0 Å². The lowest BCUT2D eigenvalue weighted by Gasteiger charge is -2.33. The van der Waals surface area contributed by atoms with Gasteiger partial charge in [0.05, 0.1) is 30.7 Å². The minimum atomic E-state index is -4.00. The molecule has 0 aromatic heterocycles. The fourth-order valence-electron chi connectivity index (χ4n) is 7.13. The van der Waals surface area contributed by atoms with Crippen LogP contribution >= 0.6 is 0 Å². The molecule has 0 bridgehead atoms. The number of sulfonamides is 1. The molecule has 4 aromatic carbocycles. The van der Waals surface area contributed by atoms with Crippen LogP contribution in [0.1, 0.15) is 53.2 Å². The van der Waals surface area contributed by atoms with E-state index < -0.39 is 40.1 Å². The van der Waals surface area contributed by atoms with Gasteiger partial charge in [-0.25, -0.2) is 18.0 Å². The molecule has 5 rings (SSSR count). The Morgan fingerprint density at radius 1 is 0.786 bits per heavy atom. The number of likely N-dealkylation sites (tertiary alicyclic amines) is 1.